The first kappa shape index (κ1) is 16.4. The van der Waals surface area contributed by atoms with E-state index in [4.69, 9.17) is 5.73 Å². The summed E-state index contributed by atoms with van der Waals surface area (Å²) >= 11 is 0. The molecule has 4 heteroatoms. The Kier molecular flexibility index (Phi) is 9.09. The third-order valence-corrected chi connectivity index (χ3v) is 3.14. The highest BCUT2D eigenvalue weighted by Gasteiger charge is 2.20. The molecule has 3 N–H and O–H groups in total. The topological polar surface area (TPSA) is 58.4 Å². The average Bonchev–Trinajstić information content (AvgIpc) is 2.33. The summed E-state index contributed by atoms with van der Waals surface area (Å²) in [5, 5.41) is 3.02. The third kappa shape index (κ3) is 6.64. The van der Waals surface area contributed by atoms with Crippen molar-refractivity contribution >= 4 is 5.91 Å². The van der Waals surface area contributed by atoms with E-state index in [0.29, 0.717) is 6.54 Å². The van der Waals surface area contributed by atoms with Crippen LogP contribution in [0.2, 0.25) is 0 Å². The summed E-state index contributed by atoms with van der Waals surface area (Å²) in [6.45, 7) is 10.6. The molecule has 0 aliphatic carbocycles. The van der Waals surface area contributed by atoms with E-state index in [9.17, 15) is 4.79 Å². The van der Waals surface area contributed by atoms with Gasteiger partial charge in [0.1, 0.15) is 0 Å². The lowest BCUT2D eigenvalue weighted by molar-refractivity contribution is -0.126. The maximum atomic E-state index is 12.0. The zero-order valence-electron chi connectivity index (χ0n) is 11.8. The van der Waals surface area contributed by atoms with E-state index in [1.807, 2.05) is 13.8 Å². The van der Waals surface area contributed by atoms with Gasteiger partial charge in [-0.25, -0.2) is 0 Å². The number of carbonyl (C=O) groups excluding carboxylic acids is 1. The molecule has 0 heterocycles. The Morgan fingerprint density at radius 2 is 1.94 bits per heavy atom. The van der Waals surface area contributed by atoms with Crippen molar-refractivity contribution in [2.45, 2.75) is 59.0 Å². The minimum absolute atomic E-state index is 0.0842. The first-order valence-electron chi connectivity index (χ1n) is 6.81. The molecule has 0 fully saturated rings. The second kappa shape index (κ2) is 9.42. The molecule has 2 unspecified atom stereocenters. The van der Waals surface area contributed by atoms with Gasteiger partial charge < -0.3 is 11.1 Å². The first-order chi connectivity index (χ1) is 8.06. The quantitative estimate of drug-likeness (QED) is 0.643. The molecule has 102 valence electrons. The summed E-state index contributed by atoms with van der Waals surface area (Å²) < 4.78 is 0. The van der Waals surface area contributed by atoms with E-state index < -0.39 is 0 Å². The molecular formula is C13H29N3O. The second-order valence-corrected chi connectivity index (χ2v) is 4.67. The highest BCUT2D eigenvalue weighted by atomic mass is 16.2. The van der Waals surface area contributed by atoms with Gasteiger partial charge in [0.15, 0.2) is 0 Å². The highest BCUT2D eigenvalue weighted by Crippen LogP contribution is 2.03. The van der Waals surface area contributed by atoms with Gasteiger partial charge >= 0.3 is 0 Å². The van der Waals surface area contributed by atoms with Crippen LogP contribution >= 0.6 is 0 Å². The van der Waals surface area contributed by atoms with Gasteiger partial charge in [-0.15, -0.1) is 0 Å². The lowest BCUT2D eigenvalue weighted by Crippen LogP contribution is -2.49. The van der Waals surface area contributed by atoms with Gasteiger partial charge in [-0.3, -0.25) is 9.69 Å². The largest absolute Gasteiger partial charge is 0.352 e. The number of nitrogens with zero attached hydrogens (tertiary/aromatic N) is 1. The summed E-state index contributed by atoms with van der Waals surface area (Å²) in [5.74, 6) is 0.115. The minimum Gasteiger partial charge on any atom is -0.352 e. The van der Waals surface area contributed by atoms with Crippen molar-refractivity contribution in [2.75, 3.05) is 19.6 Å². The van der Waals surface area contributed by atoms with Crippen molar-refractivity contribution in [1.82, 2.24) is 10.2 Å². The Balaban J connectivity index is 4.26. The molecule has 2 atom stereocenters. The number of amides is 1. The number of hydrogen-bond acceptors (Lipinski definition) is 3. The summed E-state index contributed by atoms with van der Waals surface area (Å²) in [6.07, 6.45) is 3.21. The fourth-order valence-corrected chi connectivity index (χ4v) is 1.66. The van der Waals surface area contributed by atoms with Crippen LogP contribution in [0.15, 0.2) is 0 Å². The fourth-order valence-electron chi connectivity index (χ4n) is 1.66. The average molecular weight is 243 g/mol. The Morgan fingerprint density at radius 3 is 2.41 bits per heavy atom. The van der Waals surface area contributed by atoms with Crippen molar-refractivity contribution in [3.8, 4) is 0 Å². The van der Waals surface area contributed by atoms with Gasteiger partial charge in [0, 0.05) is 19.1 Å². The molecule has 17 heavy (non-hydrogen) atoms. The predicted molar refractivity (Wildman–Crippen MR) is 72.9 cm³/mol. The molecule has 0 aromatic heterocycles. The summed E-state index contributed by atoms with van der Waals surface area (Å²) in [4.78, 5) is 14.2. The van der Waals surface area contributed by atoms with Gasteiger partial charge in [0.2, 0.25) is 5.91 Å². The van der Waals surface area contributed by atoms with E-state index in [0.717, 1.165) is 32.4 Å². The van der Waals surface area contributed by atoms with E-state index >= 15 is 0 Å². The number of nitrogens with one attached hydrogen (secondary N) is 1. The van der Waals surface area contributed by atoms with Crippen LogP contribution in [0.5, 0.6) is 0 Å². The molecule has 0 radical (unpaired) electrons. The molecule has 0 aromatic rings. The summed E-state index contributed by atoms with van der Waals surface area (Å²) in [6, 6.07) is 0.162. The molecule has 0 aliphatic rings. The van der Waals surface area contributed by atoms with Crippen LogP contribution in [0.25, 0.3) is 0 Å². The third-order valence-electron chi connectivity index (χ3n) is 3.14. The SMILES string of the molecule is CCCCN(CCN)C(C)C(=O)NC(C)CC. The van der Waals surface area contributed by atoms with Crippen LogP contribution in [-0.4, -0.2) is 42.5 Å². The number of rotatable bonds is 9. The van der Waals surface area contributed by atoms with Gasteiger partial charge in [-0.1, -0.05) is 20.3 Å². The van der Waals surface area contributed by atoms with Crippen LogP contribution in [0.1, 0.15) is 47.0 Å². The number of hydrogen-bond donors (Lipinski definition) is 2. The zero-order chi connectivity index (χ0) is 13.3. The second-order valence-electron chi connectivity index (χ2n) is 4.67. The highest BCUT2D eigenvalue weighted by molar-refractivity contribution is 5.81. The van der Waals surface area contributed by atoms with Crippen molar-refractivity contribution in [1.29, 1.82) is 0 Å². The van der Waals surface area contributed by atoms with Crippen molar-refractivity contribution in [3.63, 3.8) is 0 Å². The molecular weight excluding hydrogens is 214 g/mol. The molecule has 0 aromatic carbocycles. The molecule has 0 spiro atoms. The summed E-state index contributed by atoms with van der Waals surface area (Å²) in [7, 11) is 0. The van der Waals surface area contributed by atoms with Gasteiger partial charge in [0.25, 0.3) is 0 Å². The summed E-state index contributed by atoms with van der Waals surface area (Å²) in [5.41, 5.74) is 5.59. The lowest BCUT2D eigenvalue weighted by atomic mass is 10.2. The Bertz CT molecular complexity index is 209. The number of nitrogens with two attached hydrogens (primary N) is 1. The maximum absolute atomic E-state index is 12.0. The van der Waals surface area contributed by atoms with Crippen LogP contribution in [-0.2, 0) is 4.79 Å². The number of carbonyl (C=O) groups is 1. The van der Waals surface area contributed by atoms with E-state index in [-0.39, 0.29) is 18.0 Å². The van der Waals surface area contributed by atoms with E-state index in [1.54, 1.807) is 0 Å². The van der Waals surface area contributed by atoms with Crippen molar-refractivity contribution in [2.24, 2.45) is 5.73 Å². The monoisotopic (exact) mass is 243 g/mol. The maximum Gasteiger partial charge on any atom is 0.237 e. The van der Waals surface area contributed by atoms with Crippen LogP contribution < -0.4 is 11.1 Å². The lowest BCUT2D eigenvalue weighted by Gasteiger charge is -2.28. The number of unbranched alkanes of at least 4 members (excludes halogenated alkanes) is 1. The van der Waals surface area contributed by atoms with Crippen molar-refractivity contribution in [3.05, 3.63) is 0 Å². The van der Waals surface area contributed by atoms with Gasteiger partial charge in [-0.2, -0.15) is 0 Å². The van der Waals surface area contributed by atoms with Crippen LogP contribution in [0.4, 0.5) is 0 Å². The Morgan fingerprint density at radius 1 is 1.29 bits per heavy atom. The molecule has 0 aliphatic heterocycles. The molecule has 1 amide bonds. The normalized spacial score (nSPS) is 14.7. The molecule has 0 saturated carbocycles. The molecule has 0 bridgehead atoms. The van der Waals surface area contributed by atoms with E-state index in [1.165, 1.54) is 0 Å². The minimum atomic E-state index is -0.0842. The Labute approximate surface area is 106 Å². The molecule has 4 nitrogen and oxygen atoms in total. The van der Waals surface area contributed by atoms with Gasteiger partial charge in [-0.05, 0) is 33.2 Å². The molecule has 0 saturated heterocycles. The van der Waals surface area contributed by atoms with Crippen LogP contribution in [0, 0.1) is 0 Å². The predicted octanol–water partition coefficient (Wildman–Crippen LogP) is 1.35. The van der Waals surface area contributed by atoms with Gasteiger partial charge in [0.05, 0.1) is 6.04 Å². The smallest absolute Gasteiger partial charge is 0.237 e. The fraction of sp³-hybridized carbons (Fsp3) is 0.923. The Hall–Kier alpha value is -0.610. The van der Waals surface area contributed by atoms with E-state index in [2.05, 4.69) is 24.1 Å². The standard InChI is InChI=1S/C13H29N3O/c1-5-7-9-16(10-8-14)12(4)13(17)15-11(3)6-2/h11-12H,5-10,14H2,1-4H3,(H,15,17). The van der Waals surface area contributed by atoms with Crippen LogP contribution in [0.3, 0.4) is 0 Å². The molecule has 0 rings (SSSR count). The van der Waals surface area contributed by atoms with Crippen molar-refractivity contribution < 1.29 is 4.79 Å². The first-order valence-corrected chi connectivity index (χ1v) is 6.81. The zero-order valence-corrected chi connectivity index (χ0v) is 11.8.